The monoisotopic (exact) mass is 378 g/mol. The molecule has 2 rings (SSSR count). The second kappa shape index (κ2) is 6.00. The lowest BCUT2D eigenvalue weighted by molar-refractivity contribution is 0.103. The molecule has 0 aliphatic carbocycles. The zero-order valence-electron chi connectivity index (χ0n) is 10.7. The number of hydrogen-bond acceptors (Lipinski definition) is 5. The second-order valence-corrected chi connectivity index (χ2v) is 9.33. The molecule has 0 aliphatic heterocycles. The molecule has 2 aromatic carbocycles. The molecule has 0 aliphatic rings. The lowest BCUT2D eigenvalue weighted by atomic mass is 10.0. The SMILES string of the molecule is O=C(c1cccc(S(=O)(=O)Cl)c1)c1ccccc1S(=O)(=O)Cl. The van der Waals surface area contributed by atoms with Gasteiger partial charge in [0.1, 0.15) is 0 Å². The number of benzene rings is 2. The fraction of sp³-hybridized carbons (Fsp3) is 0. The van der Waals surface area contributed by atoms with E-state index in [1.807, 2.05) is 0 Å². The number of carbonyl (C=O) groups is 1. The topological polar surface area (TPSA) is 85.3 Å². The Hall–Kier alpha value is -1.41. The summed E-state index contributed by atoms with van der Waals surface area (Å²) in [5, 5.41) is 0. The molecule has 0 saturated carbocycles. The first-order valence-corrected chi connectivity index (χ1v) is 10.4. The number of carbonyl (C=O) groups excluding carboxylic acids is 1. The molecule has 0 radical (unpaired) electrons. The van der Waals surface area contributed by atoms with Gasteiger partial charge >= 0.3 is 0 Å². The van der Waals surface area contributed by atoms with E-state index in [1.165, 1.54) is 42.5 Å². The van der Waals surface area contributed by atoms with Crippen molar-refractivity contribution in [1.82, 2.24) is 0 Å². The Morgan fingerprint density at radius 3 is 2.05 bits per heavy atom. The van der Waals surface area contributed by atoms with Crippen LogP contribution in [0.5, 0.6) is 0 Å². The van der Waals surface area contributed by atoms with Gasteiger partial charge in [-0.05, 0) is 24.3 Å². The van der Waals surface area contributed by atoms with Crippen molar-refractivity contribution >= 4 is 45.2 Å². The number of hydrogen-bond donors (Lipinski definition) is 0. The first-order chi connectivity index (χ1) is 10.1. The van der Waals surface area contributed by atoms with Crippen LogP contribution in [0.3, 0.4) is 0 Å². The smallest absolute Gasteiger partial charge is 0.262 e. The molecule has 0 heterocycles. The summed E-state index contributed by atoms with van der Waals surface area (Å²) < 4.78 is 45.6. The summed E-state index contributed by atoms with van der Waals surface area (Å²) in [5.74, 6) is -0.679. The molecule has 0 spiro atoms. The Labute approximate surface area is 136 Å². The van der Waals surface area contributed by atoms with Crippen molar-refractivity contribution in [3.63, 3.8) is 0 Å². The highest BCUT2D eigenvalue weighted by molar-refractivity contribution is 8.14. The maximum Gasteiger partial charge on any atom is 0.262 e. The molecule has 9 heteroatoms. The van der Waals surface area contributed by atoms with Gasteiger partial charge in [-0.2, -0.15) is 0 Å². The van der Waals surface area contributed by atoms with Gasteiger partial charge in [0.05, 0.1) is 9.79 Å². The highest BCUT2D eigenvalue weighted by atomic mass is 35.7. The summed E-state index contributed by atoms with van der Waals surface area (Å²) in [6, 6.07) is 10.4. The molecule has 0 amide bonds. The van der Waals surface area contributed by atoms with Crippen LogP contribution in [0.25, 0.3) is 0 Å². The minimum absolute atomic E-state index is 0.0190. The molecule has 0 bridgehead atoms. The highest BCUT2D eigenvalue weighted by Crippen LogP contribution is 2.24. The summed E-state index contributed by atoms with van der Waals surface area (Å²) in [6.45, 7) is 0. The number of ketones is 1. The zero-order valence-corrected chi connectivity index (χ0v) is 13.9. The van der Waals surface area contributed by atoms with Crippen molar-refractivity contribution in [2.24, 2.45) is 0 Å². The fourth-order valence-corrected chi connectivity index (χ4v) is 3.68. The van der Waals surface area contributed by atoms with Crippen molar-refractivity contribution < 1.29 is 21.6 Å². The van der Waals surface area contributed by atoms with E-state index in [4.69, 9.17) is 21.4 Å². The average molecular weight is 379 g/mol. The standard InChI is InChI=1S/C13H8Cl2O5S2/c14-21(17,18)10-5-3-4-9(8-10)13(16)11-6-1-2-7-12(11)22(15,19)20/h1-8H. The van der Waals surface area contributed by atoms with Crippen molar-refractivity contribution in [2.75, 3.05) is 0 Å². The Kier molecular flexibility index (Phi) is 4.62. The maximum absolute atomic E-state index is 12.4. The summed E-state index contributed by atoms with van der Waals surface area (Å²) in [6.07, 6.45) is 0. The Balaban J connectivity index is 2.60. The second-order valence-electron chi connectivity index (χ2n) is 4.23. The van der Waals surface area contributed by atoms with Crippen LogP contribution in [0.2, 0.25) is 0 Å². The Bertz CT molecular complexity index is 950. The van der Waals surface area contributed by atoms with Crippen LogP contribution < -0.4 is 0 Å². The van der Waals surface area contributed by atoms with E-state index in [0.717, 1.165) is 6.07 Å². The summed E-state index contributed by atoms with van der Waals surface area (Å²) in [7, 11) is 2.41. The van der Waals surface area contributed by atoms with Gasteiger partial charge in [-0.25, -0.2) is 16.8 Å². The zero-order chi connectivity index (χ0) is 16.5. The number of halogens is 2. The predicted molar refractivity (Wildman–Crippen MR) is 82.4 cm³/mol. The minimum Gasteiger partial charge on any atom is -0.289 e. The van der Waals surface area contributed by atoms with Gasteiger partial charge in [-0.1, -0.05) is 24.3 Å². The van der Waals surface area contributed by atoms with E-state index in [1.54, 1.807) is 0 Å². The third-order valence-corrected chi connectivity index (χ3v) is 5.50. The van der Waals surface area contributed by atoms with E-state index < -0.39 is 23.9 Å². The van der Waals surface area contributed by atoms with Crippen molar-refractivity contribution in [3.05, 3.63) is 59.7 Å². The van der Waals surface area contributed by atoms with E-state index in [2.05, 4.69) is 0 Å². The van der Waals surface area contributed by atoms with E-state index >= 15 is 0 Å². The lowest BCUT2D eigenvalue weighted by Crippen LogP contribution is -2.07. The first-order valence-electron chi connectivity index (χ1n) is 5.74. The molecule has 0 N–H and O–H groups in total. The van der Waals surface area contributed by atoms with Gasteiger partial charge in [-0.3, -0.25) is 4.79 Å². The van der Waals surface area contributed by atoms with Gasteiger partial charge in [-0.15, -0.1) is 0 Å². The molecule has 2 aromatic rings. The van der Waals surface area contributed by atoms with Crippen molar-refractivity contribution in [3.8, 4) is 0 Å². The molecule has 0 atom stereocenters. The first kappa shape index (κ1) is 17.0. The van der Waals surface area contributed by atoms with Crippen LogP contribution in [-0.4, -0.2) is 22.6 Å². The third kappa shape index (κ3) is 3.67. The van der Waals surface area contributed by atoms with Crippen molar-refractivity contribution in [2.45, 2.75) is 9.79 Å². The summed E-state index contributed by atoms with van der Waals surface area (Å²) in [4.78, 5) is 11.8. The van der Waals surface area contributed by atoms with Crippen LogP contribution in [0.15, 0.2) is 58.3 Å². The molecule has 0 fully saturated rings. The minimum atomic E-state index is -4.12. The quantitative estimate of drug-likeness (QED) is 0.602. The summed E-state index contributed by atoms with van der Waals surface area (Å²) in [5.41, 5.74) is -0.170. The molecule has 5 nitrogen and oxygen atoms in total. The molecule has 22 heavy (non-hydrogen) atoms. The molecular formula is C13H8Cl2O5S2. The normalized spacial score (nSPS) is 12.1. The van der Waals surface area contributed by atoms with E-state index in [-0.39, 0.29) is 20.9 Å². The van der Waals surface area contributed by atoms with Crippen LogP contribution in [0.1, 0.15) is 15.9 Å². The van der Waals surface area contributed by atoms with Crippen LogP contribution in [-0.2, 0) is 18.1 Å². The maximum atomic E-state index is 12.4. The third-order valence-electron chi connectivity index (χ3n) is 2.77. The van der Waals surface area contributed by atoms with Gasteiger partial charge in [0.25, 0.3) is 18.1 Å². The highest BCUT2D eigenvalue weighted by Gasteiger charge is 2.22. The lowest BCUT2D eigenvalue weighted by Gasteiger charge is -2.06. The average Bonchev–Trinajstić information content (AvgIpc) is 2.45. The molecule has 0 aromatic heterocycles. The Morgan fingerprint density at radius 2 is 1.45 bits per heavy atom. The summed E-state index contributed by atoms with van der Waals surface area (Å²) >= 11 is 0. The van der Waals surface area contributed by atoms with Gasteiger partial charge < -0.3 is 0 Å². The largest absolute Gasteiger partial charge is 0.289 e. The number of rotatable bonds is 4. The van der Waals surface area contributed by atoms with Crippen LogP contribution in [0, 0.1) is 0 Å². The molecular weight excluding hydrogens is 371 g/mol. The van der Waals surface area contributed by atoms with Gasteiger partial charge in [0.15, 0.2) is 5.78 Å². The van der Waals surface area contributed by atoms with Crippen LogP contribution >= 0.6 is 21.4 Å². The van der Waals surface area contributed by atoms with E-state index in [0.29, 0.717) is 0 Å². The van der Waals surface area contributed by atoms with Gasteiger partial charge in [0.2, 0.25) is 0 Å². The predicted octanol–water partition coefficient (Wildman–Crippen LogP) is 2.77. The fourth-order valence-electron chi connectivity index (χ4n) is 1.81. The van der Waals surface area contributed by atoms with Crippen LogP contribution in [0.4, 0.5) is 0 Å². The van der Waals surface area contributed by atoms with E-state index in [9.17, 15) is 21.6 Å². The van der Waals surface area contributed by atoms with Gasteiger partial charge in [0, 0.05) is 32.5 Å². The molecule has 0 unspecified atom stereocenters. The molecule has 116 valence electrons. The molecule has 0 saturated heterocycles. The van der Waals surface area contributed by atoms with Crippen molar-refractivity contribution in [1.29, 1.82) is 0 Å². The Morgan fingerprint density at radius 1 is 0.818 bits per heavy atom.